The molecule has 262 valence electrons. The largest absolute Gasteiger partial charge is 0.524 e. The number of benzene rings is 2. The van der Waals surface area contributed by atoms with Gasteiger partial charge in [-0.25, -0.2) is 27.4 Å². The van der Waals surface area contributed by atoms with Crippen molar-refractivity contribution < 1.29 is 123 Å². The van der Waals surface area contributed by atoms with Crippen LogP contribution in [0.2, 0.25) is 0 Å². The maximum atomic E-state index is 11.4. The van der Waals surface area contributed by atoms with Crippen LogP contribution in [0.1, 0.15) is 0 Å². The van der Waals surface area contributed by atoms with Crippen molar-refractivity contribution in [1.29, 1.82) is 0 Å². The Balaban J connectivity index is 2.50. The molecule has 0 amide bonds. The van der Waals surface area contributed by atoms with Crippen molar-refractivity contribution in [2.75, 3.05) is 13.2 Å². The zero-order chi connectivity index (χ0) is 35.5. The third-order valence-corrected chi connectivity index (χ3v) is 6.53. The second kappa shape index (κ2) is 14.5. The van der Waals surface area contributed by atoms with Crippen molar-refractivity contribution in [2.24, 2.45) is 0 Å². The zero-order valence-electron chi connectivity index (χ0n) is 21.5. The molecule has 2 aromatic carbocycles. The topological polar surface area (TPSA) is 419 Å². The first kappa shape index (κ1) is 39.9. The molecule has 0 aliphatic carbocycles. The van der Waals surface area contributed by atoms with Crippen molar-refractivity contribution in [1.82, 2.24) is 0 Å². The van der Waals surface area contributed by atoms with Crippen LogP contribution in [0, 0.1) is 0 Å². The lowest BCUT2D eigenvalue weighted by atomic mass is 10.3. The van der Waals surface area contributed by atoms with Crippen LogP contribution in [0.3, 0.4) is 0 Å². The Kier molecular flexibility index (Phi) is 12.6. The van der Waals surface area contributed by atoms with Gasteiger partial charge in [0.15, 0.2) is 46.0 Å². The van der Waals surface area contributed by atoms with E-state index in [2.05, 4.69) is 27.1 Å². The molecule has 0 saturated carbocycles. The van der Waals surface area contributed by atoms with Crippen molar-refractivity contribution in [3.63, 3.8) is 0 Å². The third-order valence-electron chi connectivity index (χ3n) is 3.92. The predicted octanol–water partition coefficient (Wildman–Crippen LogP) is -0.0266. The van der Waals surface area contributed by atoms with E-state index >= 15 is 0 Å². The maximum Gasteiger partial charge on any atom is 0.524 e. The van der Waals surface area contributed by atoms with E-state index in [-0.39, 0.29) is 12.1 Å². The molecular formula is C14H20O26P6. The fourth-order valence-corrected chi connectivity index (χ4v) is 5.16. The van der Waals surface area contributed by atoms with Crippen LogP contribution in [0.4, 0.5) is 0 Å². The van der Waals surface area contributed by atoms with Gasteiger partial charge in [-0.15, -0.1) is 0 Å². The predicted molar refractivity (Wildman–Crippen MR) is 140 cm³/mol. The van der Waals surface area contributed by atoms with E-state index in [1.54, 1.807) is 0 Å². The molecule has 26 nitrogen and oxygen atoms in total. The molecular weight excluding hydrogens is 770 g/mol. The van der Waals surface area contributed by atoms with Crippen LogP contribution in [0.25, 0.3) is 0 Å². The van der Waals surface area contributed by atoms with E-state index in [0.717, 1.165) is 0 Å². The maximum absolute atomic E-state index is 11.4. The van der Waals surface area contributed by atoms with Gasteiger partial charge in [0.25, 0.3) is 0 Å². The van der Waals surface area contributed by atoms with Gasteiger partial charge in [0.1, 0.15) is 13.2 Å². The summed E-state index contributed by atoms with van der Waals surface area (Å²) in [6.07, 6.45) is 0. The van der Waals surface area contributed by atoms with Crippen molar-refractivity contribution in [3.05, 3.63) is 24.3 Å². The quantitative estimate of drug-likeness (QED) is 0.0739. The van der Waals surface area contributed by atoms with E-state index < -0.39 is 106 Å². The molecule has 0 spiro atoms. The standard InChI is InChI=1S/C14H20O26P6/c15-41(16,17)35-9-5-13(39-45(27,28)29)11(37-43(21,22)23)3-7(9)33-1-2-34-8-4-12(38-44(24,25)26)14(40-46(30,31)32)6-10(8)36-42(18,19)20/h3-6H,1-2H2,(H2,15,16,17)(H2,18,19,20)(H2,21,22,23)(H2,24,25,26)(H2,27,28,29)(H2,30,31,32). The van der Waals surface area contributed by atoms with Crippen LogP contribution in [0.5, 0.6) is 46.0 Å². The Morgan fingerprint density at radius 1 is 0.326 bits per heavy atom. The zero-order valence-corrected chi connectivity index (χ0v) is 26.9. The molecule has 0 atom stereocenters. The first-order valence-corrected chi connectivity index (χ1v) is 19.8. The van der Waals surface area contributed by atoms with Gasteiger partial charge in [-0.2, -0.15) is 0 Å². The van der Waals surface area contributed by atoms with Gasteiger partial charge in [0.05, 0.1) is 0 Å². The summed E-state index contributed by atoms with van der Waals surface area (Å²) >= 11 is 0. The highest BCUT2D eigenvalue weighted by molar-refractivity contribution is 7.48. The molecule has 0 bridgehead atoms. The molecule has 0 unspecified atom stereocenters. The Morgan fingerprint density at radius 2 is 0.478 bits per heavy atom. The number of hydrogen-bond acceptors (Lipinski definition) is 14. The van der Waals surface area contributed by atoms with Crippen LogP contribution in [0.15, 0.2) is 24.3 Å². The lowest BCUT2D eigenvalue weighted by Gasteiger charge is -2.19. The molecule has 12 N–H and O–H groups in total. The lowest BCUT2D eigenvalue weighted by Crippen LogP contribution is -2.11. The van der Waals surface area contributed by atoms with Crippen LogP contribution < -0.4 is 36.6 Å². The van der Waals surface area contributed by atoms with Gasteiger partial charge in [0.2, 0.25) is 0 Å². The molecule has 0 aliphatic rings. The van der Waals surface area contributed by atoms with Gasteiger partial charge in [0, 0.05) is 24.3 Å². The number of ether oxygens (including phenoxy) is 2. The Labute approximate surface area is 253 Å². The number of rotatable bonds is 17. The van der Waals surface area contributed by atoms with Gasteiger partial charge >= 0.3 is 46.9 Å². The highest BCUT2D eigenvalue weighted by atomic mass is 31.2. The average Bonchev–Trinajstić information content (AvgIpc) is 2.75. The van der Waals surface area contributed by atoms with Crippen molar-refractivity contribution >= 4 is 46.9 Å². The molecule has 0 fully saturated rings. The van der Waals surface area contributed by atoms with Crippen LogP contribution in [-0.4, -0.2) is 71.9 Å². The Hall–Kier alpha value is -2.26. The van der Waals surface area contributed by atoms with Gasteiger partial charge in [-0.1, -0.05) is 0 Å². The van der Waals surface area contributed by atoms with Crippen LogP contribution >= 0.6 is 46.9 Å². The highest BCUT2D eigenvalue weighted by Gasteiger charge is 2.31. The SMILES string of the molecule is O=P(O)(O)Oc1cc(OP(=O)(O)O)c(OP(=O)(O)O)cc1OCCOc1cc(OP(=O)(O)O)c(OP(=O)(O)O)cc1OP(=O)(O)O. The molecule has 46 heavy (non-hydrogen) atoms. The van der Waals surface area contributed by atoms with Gasteiger partial charge < -0.3 is 36.6 Å². The lowest BCUT2D eigenvalue weighted by molar-refractivity contribution is 0.203. The van der Waals surface area contributed by atoms with E-state index in [0.29, 0.717) is 12.1 Å². The van der Waals surface area contributed by atoms with Crippen molar-refractivity contribution in [3.8, 4) is 46.0 Å². The first-order valence-electron chi connectivity index (χ1n) is 10.6. The number of hydrogen-bond donors (Lipinski definition) is 12. The van der Waals surface area contributed by atoms with Gasteiger partial charge in [-0.3, -0.25) is 58.7 Å². The Bertz CT molecular complexity index is 1580. The highest BCUT2D eigenvalue weighted by Crippen LogP contribution is 2.54. The summed E-state index contributed by atoms with van der Waals surface area (Å²) in [5.74, 6) is -8.65. The minimum absolute atomic E-state index is 0.288. The first-order chi connectivity index (χ1) is 20.5. The molecule has 0 saturated heterocycles. The second-order valence-electron chi connectivity index (χ2n) is 7.68. The summed E-state index contributed by atoms with van der Waals surface area (Å²) in [5, 5.41) is 0. The van der Waals surface area contributed by atoms with E-state index in [1.165, 1.54) is 0 Å². The van der Waals surface area contributed by atoms with Gasteiger partial charge in [-0.05, 0) is 0 Å². The molecule has 0 aliphatic heterocycles. The Morgan fingerprint density at radius 3 is 0.652 bits per heavy atom. The summed E-state index contributed by atoms with van der Waals surface area (Å²) < 4.78 is 104. The monoisotopic (exact) mass is 790 g/mol. The molecule has 2 aromatic rings. The molecule has 2 rings (SSSR count). The minimum Gasteiger partial charge on any atom is -0.486 e. The molecule has 0 heterocycles. The molecule has 32 heteroatoms. The second-order valence-corrected chi connectivity index (χ2v) is 14.7. The minimum atomic E-state index is -5.50. The number of phosphoric ester groups is 6. The average molecular weight is 790 g/mol. The summed E-state index contributed by atoms with van der Waals surface area (Å²) in [4.78, 5) is 109. The molecule has 0 radical (unpaired) electrons. The van der Waals surface area contributed by atoms with E-state index in [9.17, 15) is 47.0 Å². The third kappa shape index (κ3) is 15.6. The van der Waals surface area contributed by atoms with E-state index in [4.69, 9.17) is 48.6 Å². The summed E-state index contributed by atoms with van der Waals surface area (Å²) in [7, 11) is -33.0. The van der Waals surface area contributed by atoms with E-state index in [1.807, 2.05) is 0 Å². The fourth-order valence-electron chi connectivity index (χ4n) is 2.77. The van der Waals surface area contributed by atoms with Crippen molar-refractivity contribution in [2.45, 2.75) is 0 Å². The summed E-state index contributed by atoms with van der Waals surface area (Å²) in [6, 6.07) is 1.35. The smallest absolute Gasteiger partial charge is 0.486 e. The molecule has 0 aromatic heterocycles. The van der Waals surface area contributed by atoms with Crippen LogP contribution in [-0.2, 0) is 27.4 Å². The number of phosphoric acid groups is 6. The summed E-state index contributed by atoms with van der Waals surface area (Å²) in [6.45, 7) is -1.70. The summed E-state index contributed by atoms with van der Waals surface area (Å²) in [5.41, 5.74) is 0. The normalized spacial score (nSPS) is 13.0. The fraction of sp³-hybridized carbons (Fsp3) is 0.143.